The summed E-state index contributed by atoms with van der Waals surface area (Å²) >= 11 is 0. The van der Waals surface area contributed by atoms with Crippen LogP contribution in [0.15, 0.2) is 91.8 Å². The molecule has 11 heteroatoms. The molecule has 0 spiro atoms. The molecule has 4 aromatic rings. The van der Waals surface area contributed by atoms with Gasteiger partial charge in [0.15, 0.2) is 5.82 Å². The molecule has 0 unspecified atom stereocenters. The first-order valence-corrected chi connectivity index (χ1v) is 13.7. The second-order valence-electron chi connectivity index (χ2n) is 10.1. The first kappa shape index (κ1) is 26.9. The smallest absolute Gasteiger partial charge is 0.335 e. The fraction of sp³-hybridized carbons (Fsp3) is 0.194. The van der Waals surface area contributed by atoms with Crippen molar-refractivity contribution in [3.8, 4) is 0 Å². The van der Waals surface area contributed by atoms with Crippen molar-refractivity contribution in [3.05, 3.63) is 97.3 Å². The summed E-state index contributed by atoms with van der Waals surface area (Å²) in [4.78, 5) is 47.7. The molecule has 11 nitrogen and oxygen atoms in total. The highest BCUT2D eigenvalue weighted by atomic mass is 16.2. The van der Waals surface area contributed by atoms with Crippen LogP contribution in [0.3, 0.4) is 0 Å². The highest BCUT2D eigenvalue weighted by molar-refractivity contribution is 6.10. The first-order valence-electron chi connectivity index (χ1n) is 13.7. The molecule has 3 amide bonds. The van der Waals surface area contributed by atoms with Crippen molar-refractivity contribution in [3.63, 3.8) is 0 Å². The molecule has 0 atom stereocenters. The maximum Gasteiger partial charge on any atom is 0.335 e. The number of hydrogen-bond donors (Lipinski definition) is 2. The van der Waals surface area contributed by atoms with Gasteiger partial charge in [-0.05, 0) is 55.6 Å². The molecule has 0 bridgehead atoms. The Morgan fingerprint density at radius 1 is 0.905 bits per heavy atom. The molecule has 42 heavy (non-hydrogen) atoms. The van der Waals surface area contributed by atoms with Crippen LogP contribution in [0.4, 0.5) is 45.1 Å². The number of pyridine rings is 1. The second-order valence-corrected chi connectivity index (χ2v) is 10.1. The molecule has 0 saturated carbocycles. The molecule has 4 heterocycles. The van der Waals surface area contributed by atoms with E-state index in [0.717, 1.165) is 48.9 Å². The number of hydrogen-bond acceptors (Lipinski definition) is 8. The third-order valence-electron chi connectivity index (χ3n) is 7.26. The maximum absolute atomic E-state index is 14.0. The average Bonchev–Trinajstić information content (AvgIpc) is 3.02. The Labute approximate surface area is 244 Å². The first-order chi connectivity index (χ1) is 20.5. The molecule has 6 rings (SSSR count). The van der Waals surface area contributed by atoms with Gasteiger partial charge in [0.1, 0.15) is 5.82 Å². The van der Waals surface area contributed by atoms with Crippen molar-refractivity contribution in [1.29, 1.82) is 0 Å². The normalized spacial score (nSPS) is 15.3. The van der Waals surface area contributed by atoms with Crippen molar-refractivity contribution in [2.45, 2.75) is 6.54 Å². The number of nitrogens with one attached hydrogen (secondary N) is 2. The number of amides is 3. The summed E-state index contributed by atoms with van der Waals surface area (Å²) in [6, 6.07) is 20.2. The van der Waals surface area contributed by atoms with Crippen molar-refractivity contribution < 1.29 is 9.59 Å². The zero-order valence-corrected chi connectivity index (χ0v) is 23.3. The second kappa shape index (κ2) is 11.7. The molecule has 0 radical (unpaired) electrons. The minimum Gasteiger partial charge on any atom is -0.354 e. The van der Waals surface area contributed by atoms with Crippen LogP contribution in [-0.2, 0) is 11.3 Å². The zero-order chi connectivity index (χ0) is 29.1. The molecular weight excluding hydrogens is 530 g/mol. The summed E-state index contributed by atoms with van der Waals surface area (Å²) < 4.78 is 0. The molecule has 0 aliphatic carbocycles. The number of rotatable bonds is 7. The van der Waals surface area contributed by atoms with Gasteiger partial charge in [-0.2, -0.15) is 4.98 Å². The van der Waals surface area contributed by atoms with Gasteiger partial charge in [0.2, 0.25) is 11.9 Å². The standard InChI is InChI=1S/C31H31N9O2/c1-3-28(41)34-23-8-7-11-26(18-23)40-29-22(21-39(31(40)42)25-9-5-4-6-10-25)19-33-30(36-29)35-24-12-13-27(32-20-24)38-16-14-37(2)15-17-38/h3-13,18-20H,1,14-17,21H2,2H3,(H,34,41)(H,33,35,36). The summed E-state index contributed by atoms with van der Waals surface area (Å²) in [7, 11) is 2.13. The van der Waals surface area contributed by atoms with Crippen molar-refractivity contribution >= 4 is 52.3 Å². The summed E-state index contributed by atoms with van der Waals surface area (Å²) in [5.41, 5.74) is 3.34. The van der Waals surface area contributed by atoms with E-state index < -0.39 is 0 Å². The van der Waals surface area contributed by atoms with Crippen LogP contribution in [-0.4, -0.2) is 65.0 Å². The van der Waals surface area contributed by atoms with Crippen LogP contribution in [0, 0.1) is 0 Å². The predicted molar refractivity (Wildman–Crippen MR) is 165 cm³/mol. The number of carbonyl (C=O) groups excluding carboxylic acids is 2. The molecule has 1 saturated heterocycles. The minimum atomic E-state index is -0.343. The van der Waals surface area contributed by atoms with Gasteiger partial charge in [-0.25, -0.2) is 19.7 Å². The lowest BCUT2D eigenvalue weighted by atomic mass is 10.1. The van der Waals surface area contributed by atoms with Crippen molar-refractivity contribution in [1.82, 2.24) is 19.9 Å². The maximum atomic E-state index is 14.0. The number of aromatic nitrogens is 3. The number of carbonyl (C=O) groups is 2. The lowest BCUT2D eigenvalue weighted by Gasteiger charge is -2.36. The summed E-state index contributed by atoms with van der Waals surface area (Å²) in [5, 5.41) is 6.00. The molecule has 2 aromatic carbocycles. The van der Waals surface area contributed by atoms with E-state index in [1.165, 1.54) is 11.0 Å². The highest BCUT2D eigenvalue weighted by Gasteiger charge is 2.34. The van der Waals surface area contributed by atoms with Crippen LogP contribution in [0.5, 0.6) is 0 Å². The van der Waals surface area contributed by atoms with Crippen LogP contribution in [0.1, 0.15) is 5.56 Å². The lowest BCUT2D eigenvalue weighted by molar-refractivity contribution is -0.111. The van der Waals surface area contributed by atoms with E-state index in [1.54, 1.807) is 41.6 Å². The number of benzene rings is 2. The van der Waals surface area contributed by atoms with Gasteiger partial charge in [0, 0.05) is 49.3 Å². The van der Waals surface area contributed by atoms with Crippen LogP contribution < -0.4 is 25.3 Å². The van der Waals surface area contributed by atoms with E-state index in [2.05, 4.69) is 44.0 Å². The van der Waals surface area contributed by atoms with Crippen molar-refractivity contribution in [2.24, 2.45) is 0 Å². The summed E-state index contributed by atoms with van der Waals surface area (Å²) in [5.74, 6) is 1.38. The Hall–Kier alpha value is -5.29. The number of likely N-dealkylation sites (N-methyl/N-ethyl adjacent to an activating group) is 1. The van der Waals surface area contributed by atoms with E-state index in [9.17, 15) is 9.59 Å². The summed E-state index contributed by atoms with van der Waals surface area (Å²) in [6.45, 7) is 7.71. The van der Waals surface area contributed by atoms with Crippen LogP contribution >= 0.6 is 0 Å². The van der Waals surface area contributed by atoms with Gasteiger partial charge >= 0.3 is 6.03 Å². The fourth-order valence-corrected chi connectivity index (χ4v) is 4.98. The van der Waals surface area contributed by atoms with E-state index in [0.29, 0.717) is 29.7 Å². The van der Waals surface area contributed by atoms with Gasteiger partial charge in [0.05, 0.1) is 24.1 Å². The summed E-state index contributed by atoms with van der Waals surface area (Å²) in [6.07, 6.45) is 4.69. The molecule has 2 N–H and O–H groups in total. The Bertz CT molecular complexity index is 1600. The Morgan fingerprint density at radius 3 is 2.43 bits per heavy atom. The third kappa shape index (κ3) is 5.63. The van der Waals surface area contributed by atoms with Gasteiger partial charge in [-0.15, -0.1) is 0 Å². The topological polar surface area (TPSA) is 110 Å². The quantitative estimate of drug-likeness (QED) is 0.311. The van der Waals surface area contributed by atoms with Crippen molar-refractivity contribution in [2.75, 3.05) is 58.6 Å². The zero-order valence-electron chi connectivity index (χ0n) is 23.3. The molecular formula is C31H31N9O2. The Balaban J connectivity index is 1.31. The van der Waals surface area contributed by atoms with Gasteiger partial charge in [-0.1, -0.05) is 30.8 Å². The number of nitrogens with zero attached hydrogens (tertiary/aromatic N) is 7. The van der Waals surface area contributed by atoms with Crippen LogP contribution in [0.2, 0.25) is 0 Å². The SMILES string of the molecule is C=CC(=O)Nc1cccc(N2C(=O)N(c3ccccc3)Cc3cnc(Nc4ccc(N5CCN(C)CC5)nc4)nc32)c1. The van der Waals surface area contributed by atoms with Gasteiger partial charge < -0.3 is 20.4 Å². The monoisotopic (exact) mass is 561 g/mol. The average molecular weight is 562 g/mol. The van der Waals surface area contributed by atoms with E-state index in [-0.39, 0.29) is 11.9 Å². The van der Waals surface area contributed by atoms with E-state index >= 15 is 0 Å². The number of para-hydroxylation sites is 1. The Morgan fingerprint density at radius 2 is 1.69 bits per heavy atom. The van der Waals surface area contributed by atoms with Gasteiger partial charge in [0.25, 0.3) is 0 Å². The number of anilines is 7. The van der Waals surface area contributed by atoms with E-state index in [1.807, 2.05) is 42.5 Å². The van der Waals surface area contributed by atoms with Gasteiger partial charge in [-0.3, -0.25) is 9.69 Å². The predicted octanol–water partition coefficient (Wildman–Crippen LogP) is 4.77. The number of piperazine rings is 1. The molecule has 2 aliphatic rings. The Kier molecular flexibility index (Phi) is 7.48. The van der Waals surface area contributed by atoms with Crippen LogP contribution in [0.25, 0.3) is 0 Å². The number of fused-ring (bicyclic) bond motifs is 1. The minimum absolute atomic E-state index is 0.274. The largest absolute Gasteiger partial charge is 0.354 e. The molecule has 2 aromatic heterocycles. The molecule has 1 fully saturated rings. The highest BCUT2D eigenvalue weighted by Crippen LogP contribution is 2.37. The van der Waals surface area contributed by atoms with E-state index in [4.69, 9.17) is 4.98 Å². The number of urea groups is 1. The molecule has 212 valence electrons. The molecule has 2 aliphatic heterocycles. The lowest BCUT2D eigenvalue weighted by Crippen LogP contribution is -2.45. The third-order valence-corrected chi connectivity index (χ3v) is 7.26. The fourth-order valence-electron chi connectivity index (χ4n) is 4.98.